The zero-order valence-electron chi connectivity index (χ0n) is 4.57. The van der Waals surface area contributed by atoms with Gasteiger partial charge in [-0.2, -0.15) is 8.42 Å². The van der Waals surface area contributed by atoms with Crippen molar-refractivity contribution in [1.82, 2.24) is 0 Å². The number of carboxylic acid groups (broad SMARTS) is 1. The van der Waals surface area contributed by atoms with Crippen LogP contribution in [0.5, 0.6) is 0 Å². The Morgan fingerprint density at radius 3 is 1.90 bits per heavy atom. The van der Waals surface area contributed by atoms with Crippen LogP contribution in [0, 0.1) is 0 Å². The molecule has 0 aliphatic carbocycles. The standard InChI is InChI=1S/C3H3FO5S/c4-10(8,9)1-2(5)3(6)7/h1H2,(H,6,7). The van der Waals surface area contributed by atoms with Crippen molar-refractivity contribution in [2.45, 2.75) is 0 Å². The predicted molar refractivity (Wildman–Crippen MR) is 27.5 cm³/mol. The van der Waals surface area contributed by atoms with Crippen molar-refractivity contribution in [2.24, 2.45) is 0 Å². The smallest absolute Gasteiger partial charge is 0.373 e. The second kappa shape index (κ2) is 2.74. The fraction of sp³-hybridized carbons (Fsp3) is 0.333. The molecule has 0 amide bonds. The van der Waals surface area contributed by atoms with Crippen LogP contribution in [0.3, 0.4) is 0 Å². The number of halogens is 1. The molecule has 0 saturated carbocycles. The number of aliphatic carboxylic acids is 1. The predicted octanol–water partition coefficient (Wildman–Crippen LogP) is -1.06. The molecule has 0 radical (unpaired) electrons. The van der Waals surface area contributed by atoms with Gasteiger partial charge >= 0.3 is 16.2 Å². The maximum absolute atomic E-state index is 11.5. The Kier molecular flexibility index (Phi) is 2.47. The van der Waals surface area contributed by atoms with Crippen molar-refractivity contribution in [2.75, 3.05) is 5.75 Å². The average molecular weight is 170 g/mol. The average Bonchev–Trinajstić information content (AvgIpc) is 1.60. The summed E-state index contributed by atoms with van der Waals surface area (Å²) in [4.78, 5) is 19.5. The molecule has 0 unspecified atom stereocenters. The summed E-state index contributed by atoms with van der Waals surface area (Å²) >= 11 is 0. The van der Waals surface area contributed by atoms with Gasteiger partial charge in [-0.05, 0) is 0 Å². The van der Waals surface area contributed by atoms with E-state index in [4.69, 9.17) is 5.11 Å². The van der Waals surface area contributed by atoms with Gasteiger partial charge in [0.25, 0.3) is 5.78 Å². The highest BCUT2D eigenvalue weighted by Crippen LogP contribution is 1.90. The summed E-state index contributed by atoms with van der Waals surface area (Å²) in [7, 11) is -5.00. The van der Waals surface area contributed by atoms with Gasteiger partial charge in [-0.3, -0.25) is 4.79 Å². The van der Waals surface area contributed by atoms with Crippen molar-refractivity contribution < 1.29 is 27.0 Å². The molecule has 0 aromatic carbocycles. The minimum Gasteiger partial charge on any atom is -0.475 e. The molecule has 0 aliphatic heterocycles. The molecule has 0 aromatic rings. The highest BCUT2D eigenvalue weighted by molar-refractivity contribution is 7.87. The summed E-state index contributed by atoms with van der Waals surface area (Å²) < 4.78 is 30.7. The number of rotatable bonds is 3. The molecule has 0 rings (SSSR count). The second-order valence-corrected chi connectivity index (χ2v) is 2.78. The van der Waals surface area contributed by atoms with E-state index < -0.39 is 27.7 Å². The van der Waals surface area contributed by atoms with Gasteiger partial charge in [-0.15, -0.1) is 3.89 Å². The normalized spacial score (nSPS) is 10.9. The number of hydrogen-bond acceptors (Lipinski definition) is 4. The highest BCUT2D eigenvalue weighted by Gasteiger charge is 2.20. The minimum atomic E-state index is -5.00. The maximum Gasteiger partial charge on any atom is 0.373 e. The Morgan fingerprint density at radius 2 is 1.80 bits per heavy atom. The van der Waals surface area contributed by atoms with Crippen molar-refractivity contribution in [3.05, 3.63) is 0 Å². The van der Waals surface area contributed by atoms with E-state index in [0.29, 0.717) is 0 Å². The Hall–Kier alpha value is -0.980. The lowest BCUT2D eigenvalue weighted by atomic mass is 10.5. The van der Waals surface area contributed by atoms with E-state index in [0.717, 1.165) is 0 Å². The number of carbonyl (C=O) groups excluding carboxylic acids is 1. The third-order valence-corrected chi connectivity index (χ3v) is 1.15. The first-order chi connectivity index (χ1) is 4.33. The zero-order valence-corrected chi connectivity index (χ0v) is 5.39. The van der Waals surface area contributed by atoms with Crippen LogP contribution in [0.2, 0.25) is 0 Å². The molecule has 7 heteroatoms. The van der Waals surface area contributed by atoms with Crippen LogP contribution in [-0.2, 0) is 19.8 Å². The van der Waals surface area contributed by atoms with Crippen molar-refractivity contribution in [1.29, 1.82) is 0 Å². The van der Waals surface area contributed by atoms with Gasteiger partial charge < -0.3 is 5.11 Å². The third-order valence-electron chi connectivity index (χ3n) is 0.542. The quantitative estimate of drug-likeness (QED) is 0.430. The van der Waals surface area contributed by atoms with Crippen LogP contribution in [0.1, 0.15) is 0 Å². The molecule has 0 spiro atoms. The lowest BCUT2D eigenvalue weighted by Crippen LogP contribution is -2.20. The van der Waals surface area contributed by atoms with Crippen LogP contribution in [-0.4, -0.2) is 31.0 Å². The van der Waals surface area contributed by atoms with E-state index in [9.17, 15) is 21.9 Å². The first-order valence-corrected chi connectivity index (χ1v) is 3.56. The van der Waals surface area contributed by atoms with Gasteiger partial charge in [0.2, 0.25) is 0 Å². The van der Waals surface area contributed by atoms with Crippen molar-refractivity contribution in [3.63, 3.8) is 0 Å². The summed E-state index contributed by atoms with van der Waals surface area (Å²) in [5, 5.41) is 7.76. The molecule has 0 saturated heterocycles. The van der Waals surface area contributed by atoms with E-state index in [1.165, 1.54) is 0 Å². The molecule has 0 aliphatic rings. The Morgan fingerprint density at radius 1 is 1.40 bits per heavy atom. The van der Waals surface area contributed by atoms with Crippen LogP contribution in [0.25, 0.3) is 0 Å². The lowest BCUT2D eigenvalue weighted by Gasteiger charge is -1.86. The Bertz CT molecular complexity index is 252. The van der Waals surface area contributed by atoms with E-state index in [1.807, 2.05) is 0 Å². The third kappa shape index (κ3) is 3.96. The SMILES string of the molecule is O=C(O)C(=O)CS(=O)(=O)F. The molecule has 0 heterocycles. The monoisotopic (exact) mass is 170 g/mol. The molecule has 0 atom stereocenters. The van der Waals surface area contributed by atoms with Crippen LogP contribution in [0.4, 0.5) is 3.89 Å². The maximum atomic E-state index is 11.5. The molecule has 58 valence electrons. The van der Waals surface area contributed by atoms with E-state index in [1.54, 1.807) is 0 Å². The highest BCUT2D eigenvalue weighted by atomic mass is 32.3. The summed E-state index contributed by atoms with van der Waals surface area (Å²) in [6, 6.07) is 0. The van der Waals surface area contributed by atoms with Gasteiger partial charge in [0.1, 0.15) is 5.75 Å². The Labute approximate surface area is 55.7 Å². The van der Waals surface area contributed by atoms with Crippen LogP contribution < -0.4 is 0 Å². The largest absolute Gasteiger partial charge is 0.475 e. The number of Topliss-reactive ketones (excluding diaryl/α,β-unsaturated/α-hetero) is 1. The fourth-order valence-electron chi connectivity index (χ4n) is 0.218. The molecule has 5 nitrogen and oxygen atoms in total. The van der Waals surface area contributed by atoms with E-state index >= 15 is 0 Å². The summed E-state index contributed by atoms with van der Waals surface area (Å²) in [5.41, 5.74) is 0. The number of ketones is 1. The summed E-state index contributed by atoms with van der Waals surface area (Å²) in [6.45, 7) is 0. The van der Waals surface area contributed by atoms with Crippen molar-refractivity contribution in [3.8, 4) is 0 Å². The zero-order chi connectivity index (χ0) is 8.36. The van der Waals surface area contributed by atoms with Gasteiger partial charge in [0.15, 0.2) is 0 Å². The first kappa shape index (κ1) is 9.02. The number of carbonyl (C=O) groups is 2. The molecule has 1 N–H and O–H groups in total. The lowest BCUT2D eigenvalue weighted by molar-refractivity contribution is -0.147. The Balaban J connectivity index is 4.21. The van der Waals surface area contributed by atoms with Gasteiger partial charge in [0.05, 0.1) is 0 Å². The van der Waals surface area contributed by atoms with E-state index in [2.05, 4.69) is 0 Å². The van der Waals surface area contributed by atoms with Gasteiger partial charge in [-0.1, -0.05) is 0 Å². The molecule has 0 fully saturated rings. The fourth-order valence-corrected chi connectivity index (χ4v) is 0.655. The van der Waals surface area contributed by atoms with Crippen LogP contribution >= 0.6 is 0 Å². The van der Waals surface area contributed by atoms with E-state index in [-0.39, 0.29) is 0 Å². The molecular weight excluding hydrogens is 167 g/mol. The molecular formula is C3H3FO5S. The first-order valence-electron chi connectivity index (χ1n) is 2.01. The number of hydrogen-bond donors (Lipinski definition) is 1. The molecule has 10 heavy (non-hydrogen) atoms. The number of carboxylic acids is 1. The molecule has 0 aromatic heterocycles. The van der Waals surface area contributed by atoms with Gasteiger partial charge in [0, 0.05) is 0 Å². The minimum absolute atomic E-state index is 1.59. The summed E-state index contributed by atoms with van der Waals surface area (Å²) in [6.07, 6.45) is 0. The second-order valence-electron chi connectivity index (χ2n) is 1.41. The summed E-state index contributed by atoms with van der Waals surface area (Å²) in [5.74, 6) is -5.23. The molecule has 0 bridgehead atoms. The van der Waals surface area contributed by atoms with Crippen molar-refractivity contribution >= 4 is 22.0 Å². The van der Waals surface area contributed by atoms with Gasteiger partial charge in [-0.25, -0.2) is 4.79 Å². The topological polar surface area (TPSA) is 88.5 Å². The van der Waals surface area contributed by atoms with Crippen LogP contribution in [0.15, 0.2) is 0 Å².